The summed E-state index contributed by atoms with van der Waals surface area (Å²) in [6.07, 6.45) is -5.27. The van der Waals surface area contributed by atoms with Gasteiger partial charge in [0.2, 0.25) is 0 Å². The molecule has 0 unspecified atom stereocenters. The summed E-state index contributed by atoms with van der Waals surface area (Å²) in [5, 5.41) is 9.69. The Morgan fingerprint density at radius 1 is 1.07 bits per heavy atom. The molecule has 0 aliphatic carbocycles. The zero-order valence-electron chi connectivity index (χ0n) is 15.2. The van der Waals surface area contributed by atoms with Crippen LogP contribution in [-0.4, -0.2) is 52.8 Å². The summed E-state index contributed by atoms with van der Waals surface area (Å²) in [4.78, 5) is 1.33. The Hall–Kier alpha value is -1.35. The minimum Gasteiger partial charge on any atom is -0.385 e. The SMILES string of the molecule is C=C(C)C[C@H]1CC=C[C@@H](CC(=C)C)N1C[C@H](O)C(F)(F)C(F)(F)C(F)(F)F. The third kappa shape index (κ3) is 5.34. The van der Waals surface area contributed by atoms with Gasteiger partial charge in [-0.05, 0) is 33.1 Å². The largest absolute Gasteiger partial charge is 0.459 e. The molecule has 0 aromatic heterocycles. The van der Waals surface area contributed by atoms with Gasteiger partial charge in [-0.2, -0.15) is 30.7 Å². The molecule has 1 N–H and O–H groups in total. The molecular formula is C18H24F7NO. The fourth-order valence-electron chi connectivity index (χ4n) is 3.05. The molecule has 3 atom stereocenters. The van der Waals surface area contributed by atoms with Gasteiger partial charge in [0.1, 0.15) is 6.10 Å². The summed E-state index contributed by atoms with van der Waals surface area (Å²) in [5.41, 5.74) is 1.36. The molecule has 1 aliphatic rings. The quantitative estimate of drug-likeness (QED) is 0.450. The molecule has 0 aromatic rings. The van der Waals surface area contributed by atoms with E-state index in [1.54, 1.807) is 26.0 Å². The number of alkyl halides is 7. The first-order valence-electron chi connectivity index (χ1n) is 8.32. The minimum absolute atomic E-state index is 0.289. The number of aliphatic hydroxyl groups is 1. The molecule has 0 bridgehead atoms. The van der Waals surface area contributed by atoms with E-state index in [2.05, 4.69) is 13.2 Å². The van der Waals surface area contributed by atoms with E-state index in [1.165, 1.54) is 4.90 Å². The molecule has 27 heavy (non-hydrogen) atoms. The highest BCUT2D eigenvalue weighted by Crippen LogP contribution is 2.48. The molecule has 156 valence electrons. The predicted octanol–water partition coefficient (Wildman–Crippen LogP) is 5.11. The van der Waals surface area contributed by atoms with Crippen molar-refractivity contribution in [3.05, 3.63) is 36.5 Å². The molecule has 0 amide bonds. The van der Waals surface area contributed by atoms with Gasteiger partial charge in [-0.1, -0.05) is 23.3 Å². The van der Waals surface area contributed by atoms with Crippen LogP contribution in [0.25, 0.3) is 0 Å². The zero-order chi connectivity index (χ0) is 21.2. The zero-order valence-corrected chi connectivity index (χ0v) is 15.2. The van der Waals surface area contributed by atoms with E-state index >= 15 is 0 Å². The van der Waals surface area contributed by atoms with Crippen molar-refractivity contribution in [1.29, 1.82) is 0 Å². The van der Waals surface area contributed by atoms with E-state index < -0.39 is 42.8 Å². The Kier molecular flexibility index (Phi) is 7.32. The highest BCUT2D eigenvalue weighted by Gasteiger charge is 2.75. The van der Waals surface area contributed by atoms with Crippen LogP contribution in [-0.2, 0) is 0 Å². The van der Waals surface area contributed by atoms with Gasteiger partial charge in [0.25, 0.3) is 0 Å². The van der Waals surface area contributed by atoms with Crippen LogP contribution in [0.5, 0.6) is 0 Å². The molecule has 0 saturated heterocycles. The van der Waals surface area contributed by atoms with Gasteiger partial charge in [-0.15, -0.1) is 13.2 Å². The molecular weight excluding hydrogens is 379 g/mol. The van der Waals surface area contributed by atoms with Crippen LogP contribution in [0.15, 0.2) is 36.5 Å². The van der Waals surface area contributed by atoms with Gasteiger partial charge in [0.05, 0.1) is 0 Å². The van der Waals surface area contributed by atoms with E-state index in [0.717, 1.165) is 0 Å². The van der Waals surface area contributed by atoms with Gasteiger partial charge in [0.15, 0.2) is 0 Å². The highest BCUT2D eigenvalue weighted by molar-refractivity contribution is 5.11. The van der Waals surface area contributed by atoms with E-state index in [4.69, 9.17) is 0 Å². The van der Waals surface area contributed by atoms with Crippen LogP contribution in [0, 0.1) is 0 Å². The van der Waals surface area contributed by atoms with Crippen molar-refractivity contribution in [3.63, 3.8) is 0 Å². The summed E-state index contributed by atoms with van der Waals surface area (Å²) in [6.45, 7) is 9.76. The van der Waals surface area contributed by atoms with Crippen molar-refractivity contribution >= 4 is 0 Å². The second kappa shape index (κ2) is 8.34. The van der Waals surface area contributed by atoms with Gasteiger partial charge < -0.3 is 5.11 Å². The van der Waals surface area contributed by atoms with E-state index in [0.29, 0.717) is 24.0 Å². The summed E-state index contributed by atoms with van der Waals surface area (Å²) < 4.78 is 91.2. The molecule has 0 radical (unpaired) electrons. The van der Waals surface area contributed by atoms with Gasteiger partial charge in [0, 0.05) is 18.6 Å². The Balaban J connectivity index is 3.14. The van der Waals surface area contributed by atoms with Crippen molar-refractivity contribution in [3.8, 4) is 0 Å². The first-order chi connectivity index (χ1) is 12.1. The molecule has 0 fully saturated rings. The smallest absolute Gasteiger partial charge is 0.385 e. The molecule has 1 aliphatic heterocycles. The number of rotatable bonds is 8. The standard InChI is InChI=1S/C18H24F7NO/c1-11(2)8-13-6-5-7-14(9-12(3)4)26(13)10-15(27)16(19,20)17(21,22)18(23,24)25/h5-6,13-15,27H,1,3,7-10H2,2,4H3/t13-,14+,15-/m0/s1. The molecule has 0 spiro atoms. The van der Waals surface area contributed by atoms with Crippen molar-refractivity contribution in [2.24, 2.45) is 0 Å². The van der Waals surface area contributed by atoms with Crippen LogP contribution in [0.2, 0.25) is 0 Å². The molecule has 1 rings (SSSR count). The topological polar surface area (TPSA) is 23.5 Å². The Labute approximate surface area is 154 Å². The lowest BCUT2D eigenvalue weighted by atomic mass is 9.92. The lowest BCUT2D eigenvalue weighted by molar-refractivity contribution is -0.371. The maximum atomic E-state index is 13.8. The first-order valence-corrected chi connectivity index (χ1v) is 8.32. The summed E-state index contributed by atoms with van der Waals surface area (Å²) in [5.74, 6) is -12.0. The number of aliphatic hydroxyl groups excluding tert-OH is 1. The minimum atomic E-state index is -6.48. The first kappa shape index (κ1) is 23.7. The third-order valence-corrected chi connectivity index (χ3v) is 4.38. The molecule has 2 nitrogen and oxygen atoms in total. The van der Waals surface area contributed by atoms with Crippen molar-refractivity contribution < 1.29 is 35.8 Å². The van der Waals surface area contributed by atoms with Gasteiger partial charge in [-0.3, -0.25) is 4.90 Å². The van der Waals surface area contributed by atoms with E-state index in [-0.39, 0.29) is 6.42 Å². The molecule has 0 saturated carbocycles. The maximum absolute atomic E-state index is 13.8. The Bertz CT molecular complexity index is 583. The Morgan fingerprint density at radius 2 is 1.59 bits per heavy atom. The second-order valence-corrected chi connectivity index (χ2v) is 7.12. The van der Waals surface area contributed by atoms with E-state index in [9.17, 15) is 35.8 Å². The normalized spacial score (nSPS) is 23.3. The van der Waals surface area contributed by atoms with Crippen LogP contribution >= 0.6 is 0 Å². The second-order valence-electron chi connectivity index (χ2n) is 7.12. The number of hydrogen-bond donors (Lipinski definition) is 1. The lowest BCUT2D eigenvalue weighted by Crippen LogP contribution is -2.61. The van der Waals surface area contributed by atoms with Crippen LogP contribution < -0.4 is 0 Å². The number of hydrogen-bond acceptors (Lipinski definition) is 2. The van der Waals surface area contributed by atoms with Crippen LogP contribution in [0.4, 0.5) is 30.7 Å². The van der Waals surface area contributed by atoms with Gasteiger partial charge in [-0.25, -0.2) is 0 Å². The molecule has 0 aromatic carbocycles. The van der Waals surface area contributed by atoms with Crippen molar-refractivity contribution in [2.75, 3.05) is 6.54 Å². The fraction of sp³-hybridized carbons (Fsp3) is 0.667. The maximum Gasteiger partial charge on any atom is 0.459 e. The van der Waals surface area contributed by atoms with Crippen molar-refractivity contribution in [2.45, 2.75) is 69.3 Å². The lowest BCUT2D eigenvalue weighted by Gasteiger charge is -2.42. The third-order valence-electron chi connectivity index (χ3n) is 4.38. The van der Waals surface area contributed by atoms with E-state index in [1.807, 2.05) is 0 Å². The van der Waals surface area contributed by atoms with Gasteiger partial charge >= 0.3 is 18.0 Å². The number of β-amino-alcohol motifs (C(OH)–C–C–N with tert-alkyl or cyclic N) is 1. The molecule has 9 heteroatoms. The predicted molar refractivity (Wildman–Crippen MR) is 88.9 cm³/mol. The molecule has 1 heterocycles. The average molecular weight is 403 g/mol. The highest BCUT2D eigenvalue weighted by atomic mass is 19.4. The number of halogens is 7. The summed E-state index contributed by atoms with van der Waals surface area (Å²) in [7, 11) is 0. The Morgan fingerprint density at radius 3 is 2.04 bits per heavy atom. The fourth-order valence-corrected chi connectivity index (χ4v) is 3.05. The summed E-state index contributed by atoms with van der Waals surface area (Å²) >= 11 is 0. The van der Waals surface area contributed by atoms with Crippen LogP contribution in [0.3, 0.4) is 0 Å². The average Bonchev–Trinajstić information content (AvgIpc) is 2.47. The summed E-state index contributed by atoms with van der Waals surface area (Å²) in [6, 6.07) is -1.01. The monoisotopic (exact) mass is 403 g/mol. The van der Waals surface area contributed by atoms with Crippen molar-refractivity contribution in [1.82, 2.24) is 4.90 Å². The van der Waals surface area contributed by atoms with Crippen LogP contribution in [0.1, 0.15) is 33.1 Å². The number of nitrogens with zero attached hydrogens (tertiary/aromatic N) is 1.